The third-order valence-electron chi connectivity index (χ3n) is 3.01. The first-order valence-electron chi connectivity index (χ1n) is 6.48. The van der Waals surface area contributed by atoms with Crippen molar-refractivity contribution in [3.63, 3.8) is 0 Å². The van der Waals surface area contributed by atoms with Crippen LogP contribution in [0.2, 0.25) is 0 Å². The van der Waals surface area contributed by atoms with Gasteiger partial charge in [0, 0.05) is 23.1 Å². The predicted octanol–water partition coefficient (Wildman–Crippen LogP) is 3.64. The number of hydrogen-bond donors (Lipinski definition) is 1. The Kier molecular flexibility index (Phi) is 6.27. The molecule has 1 N–H and O–H groups in total. The van der Waals surface area contributed by atoms with E-state index in [0.717, 1.165) is 5.75 Å². The van der Waals surface area contributed by atoms with Gasteiger partial charge in [0.15, 0.2) is 0 Å². The fourth-order valence-corrected chi connectivity index (χ4v) is 2.24. The second-order valence-electron chi connectivity index (χ2n) is 5.01. The summed E-state index contributed by atoms with van der Waals surface area (Å²) in [4.78, 5) is 12.9. The number of amides is 1. The summed E-state index contributed by atoms with van der Waals surface area (Å²) in [6.07, 6.45) is 0.579. The molecule has 1 aromatic rings. The normalized spacial score (nSPS) is 12.5. The molecule has 0 saturated carbocycles. The SMILES string of the molecule is Cc1ccc(SCCC(=O)N[C@H](C)C(C)C)cc1. The maximum Gasteiger partial charge on any atom is 0.221 e. The van der Waals surface area contributed by atoms with Crippen molar-refractivity contribution in [2.24, 2.45) is 5.92 Å². The van der Waals surface area contributed by atoms with Gasteiger partial charge in [0.25, 0.3) is 0 Å². The molecule has 18 heavy (non-hydrogen) atoms. The van der Waals surface area contributed by atoms with Gasteiger partial charge in [0.1, 0.15) is 0 Å². The number of aryl methyl sites for hydroxylation is 1. The fraction of sp³-hybridized carbons (Fsp3) is 0.533. The number of rotatable bonds is 6. The number of thioether (sulfide) groups is 1. The molecular formula is C15H23NOS. The molecule has 0 aliphatic heterocycles. The van der Waals surface area contributed by atoms with E-state index in [2.05, 4.69) is 57.3 Å². The van der Waals surface area contributed by atoms with Gasteiger partial charge in [0.05, 0.1) is 0 Å². The molecule has 3 heteroatoms. The van der Waals surface area contributed by atoms with Gasteiger partial charge >= 0.3 is 0 Å². The lowest BCUT2D eigenvalue weighted by atomic mass is 10.1. The minimum atomic E-state index is 0.149. The van der Waals surface area contributed by atoms with Crippen LogP contribution in [-0.2, 0) is 4.79 Å². The Morgan fingerprint density at radius 3 is 2.39 bits per heavy atom. The molecule has 0 aliphatic carbocycles. The molecule has 0 radical (unpaired) electrons. The van der Waals surface area contributed by atoms with Crippen molar-refractivity contribution in [3.8, 4) is 0 Å². The molecule has 1 amide bonds. The lowest BCUT2D eigenvalue weighted by molar-refractivity contribution is -0.121. The van der Waals surface area contributed by atoms with Crippen LogP contribution in [0.4, 0.5) is 0 Å². The van der Waals surface area contributed by atoms with Gasteiger partial charge in [0.2, 0.25) is 5.91 Å². The molecule has 1 rings (SSSR count). The van der Waals surface area contributed by atoms with Gasteiger partial charge in [-0.25, -0.2) is 0 Å². The molecule has 0 aromatic heterocycles. The van der Waals surface area contributed by atoms with Gasteiger partial charge in [-0.3, -0.25) is 4.79 Å². The first kappa shape index (κ1) is 15.1. The number of benzene rings is 1. The smallest absolute Gasteiger partial charge is 0.221 e. The summed E-state index contributed by atoms with van der Waals surface area (Å²) in [5.74, 6) is 1.47. The van der Waals surface area contributed by atoms with E-state index in [-0.39, 0.29) is 11.9 Å². The highest BCUT2D eigenvalue weighted by Crippen LogP contribution is 2.18. The standard InChI is InChI=1S/C15H23NOS/c1-11(2)13(4)16-15(17)9-10-18-14-7-5-12(3)6-8-14/h5-8,11,13H,9-10H2,1-4H3,(H,16,17)/t13-/m1/s1. The summed E-state index contributed by atoms with van der Waals surface area (Å²) in [6, 6.07) is 8.66. The Morgan fingerprint density at radius 1 is 1.22 bits per heavy atom. The second-order valence-corrected chi connectivity index (χ2v) is 6.18. The van der Waals surface area contributed by atoms with Crippen molar-refractivity contribution < 1.29 is 4.79 Å². The lowest BCUT2D eigenvalue weighted by Crippen LogP contribution is -2.36. The Balaban J connectivity index is 2.25. The van der Waals surface area contributed by atoms with Crippen molar-refractivity contribution in [1.82, 2.24) is 5.32 Å². The zero-order valence-corrected chi connectivity index (χ0v) is 12.5. The van der Waals surface area contributed by atoms with Gasteiger partial charge < -0.3 is 5.32 Å². The molecule has 0 fully saturated rings. The largest absolute Gasteiger partial charge is 0.353 e. The zero-order valence-electron chi connectivity index (χ0n) is 11.7. The van der Waals surface area contributed by atoms with Crippen LogP contribution in [0.15, 0.2) is 29.2 Å². The average Bonchev–Trinajstić information content (AvgIpc) is 2.31. The summed E-state index contributed by atoms with van der Waals surface area (Å²) in [5.41, 5.74) is 1.27. The van der Waals surface area contributed by atoms with Crippen LogP contribution in [0.3, 0.4) is 0 Å². The maximum absolute atomic E-state index is 11.7. The van der Waals surface area contributed by atoms with Gasteiger partial charge in [-0.1, -0.05) is 31.5 Å². The Bertz CT molecular complexity index is 373. The molecule has 0 bridgehead atoms. The van der Waals surface area contributed by atoms with Crippen LogP contribution in [0.1, 0.15) is 32.8 Å². The van der Waals surface area contributed by atoms with Gasteiger partial charge in [-0.05, 0) is 31.9 Å². The average molecular weight is 265 g/mol. The summed E-state index contributed by atoms with van der Waals surface area (Å²) in [5, 5.41) is 3.02. The Morgan fingerprint density at radius 2 is 1.83 bits per heavy atom. The molecule has 0 aliphatic rings. The van der Waals surface area contributed by atoms with Gasteiger partial charge in [-0.2, -0.15) is 0 Å². The van der Waals surface area contributed by atoms with E-state index >= 15 is 0 Å². The van der Waals surface area contributed by atoms with Crippen LogP contribution in [0, 0.1) is 12.8 Å². The minimum absolute atomic E-state index is 0.149. The number of carbonyl (C=O) groups is 1. The van der Waals surface area contributed by atoms with Crippen LogP contribution in [0.25, 0.3) is 0 Å². The van der Waals surface area contributed by atoms with E-state index < -0.39 is 0 Å². The molecule has 2 nitrogen and oxygen atoms in total. The highest BCUT2D eigenvalue weighted by atomic mass is 32.2. The third kappa shape index (κ3) is 5.58. The molecule has 1 aromatic carbocycles. The van der Waals surface area contributed by atoms with Crippen molar-refractivity contribution in [1.29, 1.82) is 0 Å². The molecule has 100 valence electrons. The van der Waals surface area contributed by atoms with Crippen LogP contribution < -0.4 is 5.32 Å². The highest BCUT2D eigenvalue weighted by Gasteiger charge is 2.10. The van der Waals surface area contributed by atoms with E-state index in [1.165, 1.54) is 10.5 Å². The Hall–Kier alpha value is -0.960. The molecule has 0 saturated heterocycles. The third-order valence-corrected chi connectivity index (χ3v) is 4.02. The minimum Gasteiger partial charge on any atom is -0.353 e. The van der Waals surface area contributed by atoms with E-state index in [1.54, 1.807) is 11.8 Å². The number of carbonyl (C=O) groups excluding carboxylic acids is 1. The quantitative estimate of drug-likeness (QED) is 0.796. The summed E-state index contributed by atoms with van der Waals surface area (Å²) in [7, 11) is 0. The lowest BCUT2D eigenvalue weighted by Gasteiger charge is -2.17. The first-order chi connectivity index (χ1) is 8.49. The zero-order chi connectivity index (χ0) is 13.5. The first-order valence-corrected chi connectivity index (χ1v) is 7.46. The van der Waals surface area contributed by atoms with Crippen LogP contribution >= 0.6 is 11.8 Å². The number of nitrogens with one attached hydrogen (secondary N) is 1. The summed E-state index contributed by atoms with van der Waals surface area (Å²) >= 11 is 1.73. The maximum atomic E-state index is 11.7. The Labute approximate surface area is 115 Å². The van der Waals surface area contributed by atoms with E-state index in [1.807, 2.05) is 0 Å². The van der Waals surface area contributed by atoms with E-state index in [9.17, 15) is 4.79 Å². The number of hydrogen-bond acceptors (Lipinski definition) is 2. The molecular weight excluding hydrogens is 242 g/mol. The highest BCUT2D eigenvalue weighted by molar-refractivity contribution is 7.99. The van der Waals surface area contributed by atoms with E-state index in [0.29, 0.717) is 12.3 Å². The van der Waals surface area contributed by atoms with Crippen molar-refractivity contribution in [2.45, 2.75) is 45.1 Å². The molecule has 0 spiro atoms. The summed E-state index contributed by atoms with van der Waals surface area (Å²) in [6.45, 7) is 8.36. The molecule has 0 heterocycles. The fourth-order valence-electron chi connectivity index (χ4n) is 1.39. The van der Waals surface area contributed by atoms with Crippen molar-refractivity contribution in [3.05, 3.63) is 29.8 Å². The second kappa shape index (κ2) is 7.47. The topological polar surface area (TPSA) is 29.1 Å². The summed E-state index contributed by atoms with van der Waals surface area (Å²) < 4.78 is 0. The van der Waals surface area contributed by atoms with Crippen molar-refractivity contribution in [2.75, 3.05) is 5.75 Å². The van der Waals surface area contributed by atoms with Crippen molar-refractivity contribution >= 4 is 17.7 Å². The molecule has 1 atom stereocenters. The van der Waals surface area contributed by atoms with Crippen LogP contribution in [-0.4, -0.2) is 17.7 Å². The van der Waals surface area contributed by atoms with Crippen LogP contribution in [0.5, 0.6) is 0 Å². The monoisotopic (exact) mass is 265 g/mol. The van der Waals surface area contributed by atoms with E-state index in [4.69, 9.17) is 0 Å². The predicted molar refractivity (Wildman–Crippen MR) is 79.0 cm³/mol. The molecule has 0 unspecified atom stereocenters. The van der Waals surface area contributed by atoms with Gasteiger partial charge in [-0.15, -0.1) is 11.8 Å².